The van der Waals surface area contributed by atoms with E-state index < -0.39 is 11.4 Å². The lowest BCUT2D eigenvalue weighted by atomic mass is 9.90. The molecule has 17 heavy (non-hydrogen) atoms. The van der Waals surface area contributed by atoms with Gasteiger partial charge in [-0.15, -0.1) is 0 Å². The van der Waals surface area contributed by atoms with Gasteiger partial charge in [-0.25, -0.2) is 0 Å². The minimum Gasteiger partial charge on any atom is -0.496 e. The van der Waals surface area contributed by atoms with E-state index in [1.165, 1.54) is 0 Å². The molecule has 0 atom stereocenters. The van der Waals surface area contributed by atoms with Crippen LogP contribution in [-0.2, 0) is 10.2 Å². The van der Waals surface area contributed by atoms with Gasteiger partial charge in [-0.05, 0) is 49.4 Å². The first kappa shape index (κ1) is 12.4. The van der Waals surface area contributed by atoms with Crippen LogP contribution in [-0.4, -0.2) is 18.2 Å². The zero-order chi connectivity index (χ0) is 12.8. The van der Waals surface area contributed by atoms with Crippen molar-refractivity contribution in [1.82, 2.24) is 0 Å². The number of aryl methyl sites for hydroxylation is 1. The van der Waals surface area contributed by atoms with E-state index in [9.17, 15) is 9.90 Å². The van der Waals surface area contributed by atoms with Crippen molar-refractivity contribution in [3.63, 3.8) is 0 Å². The van der Waals surface area contributed by atoms with Gasteiger partial charge in [-0.1, -0.05) is 15.9 Å². The van der Waals surface area contributed by atoms with Crippen LogP contribution in [0.1, 0.15) is 29.5 Å². The molecule has 1 N–H and O–H groups in total. The second-order valence-corrected chi connectivity index (χ2v) is 5.45. The van der Waals surface area contributed by atoms with Gasteiger partial charge in [0.15, 0.2) is 0 Å². The first-order chi connectivity index (χ1) is 7.94. The summed E-state index contributed by atoms with van der Waals surface area (Å²) in [6.45, 7) is 3.88. The van der Waals surface area contributed by atoms with Crippen LogP contribution in [0.25, 0.3) is 0 Å². The minimum absolute atomic E-state index is 0.702. The van der Waals surface area contributed by atoms with E-state index in [4.69, 9.17) is 4.74 Å². The lowest BCUT2D eigenvalue weighted by Gasteiger charge is -2.19. The number of methoxy groups -OCH3 is 1. The first-order valence-corrected chi connectivity index (χ1v) is 6.31. The molecule has 0 saturated heterocycles. The van der Waals surface area contributed by atoms with Crippen molar-refractivity contribution in [3.8, 4) is 5.75 Å². The summed E-state index contributed by atoms with van der Waals surface area (Å²) in [5, 5.41) is 9.38. The fraction of sp³-hybridized carbons (Fsp3) is 0.462. The Kier molecular flexibility index (Phi) is 2.94. The molecular formula is C13H15BrO3. The van der Waals surface area contributed by atoms with Gasteiger partial charge in [-0.2, -0.15) is 0 Å². The van der Waals surface area contributed by atoms with Crippen LogP contribution < -0.4 is 4.74 Å². The highest BCUT2D eigenvalue weighted by Gasteiger charge is 2.53. The molecule has 92 valence electrons. The Morgan fingerprint density at radius 1 is 1.47 bits per heavy atom. The molecule has 1 aliphatic rings. The van der Waals surface area contributed by atoms with Gasteiger partial charge in [0.1, 0.15) is 5.75 Å². The molecule has 0 unspecified atom stereocenters. The maximum atomic E-state index is 11.4. The van der Waals surface area contributed by atoms with Gasteiger partial charge in [-0.3, -0.25) is 4.79 Å². The quantitative estimate of drug-likeness (QED) is 0.932. The van der Waals surface area contributed by atoms with Crippen LogP contribution >= 0.6 is 15.9 Å². The van der Waals surface area contributed by atoms with Crippen molar-refractivity contribution in [3.05, 3.63) is 27.2 Å². The Morgan fingerprint density at radius 3 is 2.47 bits per heavy atom. The Hall–Kier alpha value is -1.03. The van der Waals surface area contributed by atoms with E-state index in [1.54, 1.807) is 7.11 Å². The molecule has 1 aromatic rings. The Bertz CT molecular complexity index is 490. The number of hydrogen-bond donors (Lipinski definition) is 1. The number of benzene rings is 1. The molecule has 3 nitrogen and oxygen atoms in total. The predicted molar refractivity (Wildman–Crippen MR) is 68.7 cm³/mol. The van der Waals surface area contributed by atoms with E-state index in [1.807, 2.05) is 19.9 Å². The van der Waals surface area contributed by atoms with Crippen molar-refractivity contribution in [2.45, 2.75) is 32.1 Å². The van der Waals surface area contributed by atoms with Crippen LogP contribution in [0.5, 0.6) is 5.75 Å². The number of carboxylic acid groups (broad SMARTS) is 1. The summed E-state index contributed by atoms with van der Waals surface area (Å²) < 4.78 is 6.23. The van der Waals surface area contributed by atoms with E-state index in [0.29, 0.717) is 12.8 Å². The van der Waals surface area contributed by atoms with Crippen molar-refractivity contribution in [2.75, 3.05) is 7.11 Å². The molecule has 0 amide bonds. The van der Waals surface area contributed by atoms with Crippen molar-refractivity contribution >= 4 is 21.9 Å². The van der Waals surface area contributed by atoms with Gasteiger partial charge >= 0.3 is 5.97 Å². The molecule has 1 fully saturated rings. The SMILES string of the molecule is COc1c(C)cc(Br)c(C2(C(=O)O)CC2)c1C. The van der Waals surface area contributed by atoms with Crippen molar-refractivity contribution in [1.29, 1.82) is 0 Å². The topological polar surface area (TPSA) is 46.5 Å². The molecule has 0 aliphatic heterocycles. The van der Waals surface area contributed by atoms with E-state index in [0.717, 1.165) is 26.9 Å². The van der Waals surface area contributed by atoms with Crippen LogP contribution in [0.15, 0.2) is 10.5 Å². The van der Waals surface area contributed by atoms with Crippen LogP contribution in [0.2, 0.25) is 0 Å². The molecule has 0 aromatic heterocycles. The zero-order valence-electron chi connectivity index (χ0n) is 10.1. The maximum Gasteiger partial charge on any atom is 0.314 e. The summed E-state index contributed by atoms with van der Waals surface area (Å²) in [5.41, 5.74) is 2.11. The molecule has 1 aliphatic carbocycles. The number of carbonyl (C=O) groups is 1. The molecule has 1 saturated carbocycles. The number of aliphatic carboxylic acids is 1. The molecular weight excluding hydrogens is 284 g/mol. The summed E-state index contributed by atoms with van der Waals surface area (Å²) in [5.74, 6) is 0.0444. The van der Waals surface area contributed by atoms with Gasteiger partial charge in [0, 0.05) is 4.47 Å². The Morgan fingerprint density at radius 2 is 2.06 bits per heavy atom. The lowest BCUT2D eigenvalue weighted by Crippen LogP contribution is -2.21. The van der Waals surface area contributed by atoms with Gasteiger partial charge in [0.05, 0.1) is 12.5 Å². The van der Waals surface area contributed by atoms with Gasteiger partial charge < -0.3 is 9.84 Å². The standard InChI is InChI=1S/C13H15BrO3/c1-7-6-9(14)10(8(2)11(7)17-3)13(4-5-13)12(15)16/h6H,4-5H2,1-3H3,(H,15,16). The molecule has 1 aromatic carbocycles. The van der Waals surface area contributed by atoms with Gasteiger partial charge in [0.25, 0.3) is 0 Å². The zero-order valence-corrected chi connectivity index (χ0v) is 11.7. The summed E-state index contributed by atoms with van der Waals surface area (Å²) in [7, 11) is 1.62. The number of halogens is 1. The third-order valence-corrected chi connectivity index (χ3v) is 4.12. The summed E-state index contributed by atoms with van der Waals surface area (Å²) in [4.78, 5) is 11.4. The summed E-state index contributed by atoms with van der Waals surface area (Å²) in [6, 6.07) is 1.93. The normalized spacial score (nSPS) is 16.7. The largest absolute Gasteiger partial charge is 0.496 e. The lowest BCUT2D eigenvalue weighted by molar-refractivity contribution is -0.140. The monoisotopic (exact) mass is 298 g/mol. The Labute approximate surface area is 109 Å². The van der Waals surface area contributed by atoms with E-state index >= 15 is 0 Å². The van der Waals surface area contributed by atoms with Crippen LogP contribution in [0.3, 0.4) is 0 Å². The average molecular weight is 299 g/mol. The molecule has 0 bridgehead atoms. The van der Waals surface area contributed by atoms with Crippen molar-refractivity contribution in [2.24, 2.45) is 0 Å². The molecule has 0 heterocycles. The minimum atomic E-state index is -0.743. The van der Waals surface area contributed by atoms with E-state index in [2.05, 4.69) is 15.9 Å². The predicted octanol–water partition coefficient (Wildman–Crippen LogP) is 3.19. The average Bonchev–Trinajstić information content (AvgIpc) is 2.98. The third-order valence-electron chi connectivity index (χ3n) is 3.50. The van der Waals surface area contributed by atoms with E-state index in [-0.39, 0.29) is 0 Å². The van der Waals surface area contributed by atoms with Crippen molar-refractivity contribution < 1.29 is 14.6 Å². The fourth-order valence-corrected chi connectivity index (χ4v) is 3.53. The smallest absolute Gasteiger partial charge is 0.314 e. The number of carboxylic acids is 1. The van der Waals surface area contributed by atoms with Gasteiger partial charge in [0.2, 0.25) is 0 Å². The number of rotatable bonds is 3. The van der Waals surface area contributed by atoms with Crippen LogP contribution in [0, 0.1) is 13.8 Å². The summed E-state index contributed by atoms with van der Waals surface area (Å²) >= 11 is 3.49. The maximum absolute atomic E-state index is 11.4. The fourth-order valence-electron chi connectivity index (χ4n) is 2.51. The molecule has 4 heteroatoms. The Balaban J connectivity index is 2.66. The summed E-state index contributed by atoms with van der Waals surface area (Å²) in [6.07, 6.45) is 1.40. The number of hydrogen-bond acceptors (Lipinski definition) is 2. The second-order valence-electron chi connectivity index (χ2n) is 4.60. The third kappa shape index (κ3) is 1.75. The number of ether oxygens (including phenoxy) is 1. The highest BCUT2D eigenvalue weighted by Crippen LogP contribution is 2.53. The second kappa shape index (κ2) is 4.02. The highest BCUT2D eigenvalue weighted by molar-refractivity contribution is 9.10. The molecule has 0 spiro atoms. The molecule has 2 rings (SSSR count). The molecule has 0 radical (unpaired) electrons. The highest BCUT2D eigenvalue weighted by atomic mass is 79.9. The van der Waals surface area contributed by atoms with Crippen LogP contribution in [0.4, 0.5) is 0 Å². The first-order valence-electron chi connectivity index (χ1n) is 5.51.